The van der Waals surface area contributed by atoms with E-state index >= 15 is 0 Å². The number of nitrogens with zero attached hydrogens (tertiary/aromatic N) is 2. The number of imidazole rings is 1. The third-order valence-electron chi connectivity index (χ3n) is 3.33. The van der Waals surface area contributed by atoms with E-state index in [1.54, 1.807) is 6.07 Å². The van der Waals surface area contributed by atoms with Crippen LogP contribution in [0, 0.1) is 5.82 Å². The van der Waals surface area contributed by atoms with Crippen LogP contribution >= 0.6 is 23.4 Å². The lowest BCUT2D eigenvalue weighted by molar-refractivity contribution is -0.133. The highest BCUT2D eigenvalue weighted by Gasteiger charge is 2.19. The van der Waals surface area contributed by atoms with Gasteiger partial charge in [0.15, 0.2) is 5.16 Å². The van der Waals surface area contributed by atoms with E-state index in [4.69, 9.17) is 16.7 Å². The standard InChI is InChI=1S/C14H16ClFN2O2S/c1-3-8(4-2)18-12-5-9(15)10(16)6-11(12)17-14(18)21-7-13(19)20/h5-6,8H,3-4,7H2,1-2H3,(H,19,20). The van der Waals surface area contributed by atoms with Gasteiger partial charge in [-0.1, -0.05) is 37.2 Å². The van der Waals surface area contributed by atoms with Crippen molar-refractivity contribution in [3.8, 4) is 0 Å². The molecule has 1 N–H and O–H groups in total. The van der Waals surface area contributed by atoms with E-state index < -0.39 is 11.8 Å². The molecule has 0 radical (unpaired) electrons. The van der Waals surface area contributed by atoms with Gasteiger partial charge >= 0.3 is 5.97 Å². The van der Waals surface area contributed by atoms with Crippen LogP contribution in [0.15, 0.2) is 17.3 Å². The lowest BCUT2D eigenvalue weighted by atomic mass is 10.1. The van der Waals surface area contributed by atoms with Crippen molar-refractivity contribution in [1.82, 2.24) is 9.55 Å². The molecule has 0 amide bonds. The summed E-state index contributed by atoms with van der Waals surface area (Å²) in [6, 6.07) is 3.02. The van der Waals surface area contributed by atoms with Crippen molar-refractivity contribution < 1.29 is 14.3 Å². The Hall–Kier alpha value is -1.27. The van der Waals surface area contributed by atoms with Gasteiger partial charge in [-0.2, -0.15) is 0 Å². The number of hydrogen-bond donors (Lipinski definition) is 1. The van der Waals surface area contributed by atoms with Gasteiger partial charge in [0, 0.05) is 12.1 Å². The molecule has 2 rings (SSSR count). The molecule has 7 heteroatoms. The molecule has 0 bridgehead atoms. The van der Waals surface area contributed by atoms with Crippen LogP contribution in [0.25, 0.3) is 11.0 Å². The summed E-state index contributed by atoms with van der Waals surface area (Å²) in [7, 11) is 0. The van der Waals surface area contributed by atoms with Gasteiger partial charge in [0.2, 0.25) is 0 Å². The molecule has 4 nitrogen and oxygen atoms in total. The SMILES string of the molecule is CCC(CC)n1c(SCC(=O)O)nc2cc(F)c(Cl)cc21. The second-order valence-electron chi connectivity index (χ2n) is 4.67. The number of carboxylic acid groups (broad SMARTS) is 1. The number of halogens is 2. The number of aliphatic carboxylic acids is 1. The molecule has 21 heavy (non-hydrogen) atoms. The third kappa shape index (κ3) is 3.32. The summed E-state index contributed by atoms with van der Waals surface area (Å²) in [6.45, 7) is 4.10. The fourth-order valence-electron chi connectivity index (χ4n) is 2.30. The first-order valence-corrected chi connectivity index (χ1v) is 8.05. The molecular formula is C14H16ClFN2O2S. The first-order chi connectivity index (χ1) is 9.97. The van der Waals surface area contributed by atoms with Crippen LogP contribution in [-0.4, -0.2) is 26.4 Å². The number of carbonyl (C=O) groups is 1. The molecule has 0 saturated heterocycles. The lowest BCUT2D eigenvalue weighted by Gasteiger charge is -2.18. The highest BCUT2D eigenvalue weighted by atomic mass is 35.5. The molecule has 0 aliphatic carbocycles. The average molecular weight is 331 g/mol. The van der Waals surface area contributed by atoms with Crippen LogP contribution < -0.4 is 0 Å². The average Bonchev–Trinajstić information content (AvgIpc) is 2.77. The monoisotopic (exact) mass is 330 g/mol. The zero-order valence-corrected chi connectivity index (χ0v) is 13.3. The van der Waals surface area contributed by atoms with Crippen molar-refractivity contribution in [3.05, 3.63) is 23.0 Å². The van der Waals surface area contributed by atoms with Gasteiger partial charge in [-0.05, 0) is 18.9 Å². The lowest BCUT2D eigenvalue weighted by Crippen LogP contribution is -2.09. The Bertz CT molecular complexity index is 671. The van der Waals surface area contributed by atoms with E-state index in [9.17, 15) is 9.18 Å². The Kier molecular flexibility index (Phi) is 5.11. The molecule has 0 saturated carbocycles. The van der Waals surface area contributed by atoms with E-state index in [0.717, 1.165) is 30.1 Å². The van der Waals surface area contributed by atoms with Crippen LogP contribution in [-0.2, 0) is 4.79 Å². The quantitative estimate of drug-likeness (QED) is 0.799. The van der Waals surface area contributed by atoms with Crippen LogP contribution in [0.4, 0.5) is 4.39 Å². The first-order valence-electron chi connectivity index (χ1n) is 6.69. The molecule has 0 fully saturated rings. The Labute approximate surface area is 131 Å². The number of aromatic nitrogens is 2. The summed E-state index contributed by atoms with van der Waals surface area (Å²) in [5, 5.41) is 9.47. The van der Waals surface area contributed by atoms with Gasteiger partial charge in [0.05, 0.1) is 21.8 Å². The van der Waals surface area contributed by atoms with Gasteiger partial charge in [-0.25, -0.2) is 9.37 Å². The maximum absolute atomic E-state index is 13.6. The number of carboxylic acids is 1. The largest absolute Gasteiger partial charge is 0.481 e. The molecule has 0 spiro atoms. The molecule has 0 aliphatic heterocycles. The highest BCUT2D eigenvalue weighted by molar-refractivity contribution is 7.99. The Morgan fingerprint density at radius 3 is 2.71 bits per heavy atom. The van der Waals surface area contributed by atoms with Crippen LogP contribution in [0.1, 0.15) is 32.7 Å². The third-order valence-corrected chi connectivity index (χ3v) is 4.56. The molecule has 1 aromatic carbocycles. The summed E-state index contributed by atoms with van der Waals surface area (Å²) < 4.78 is 15.6. The van der Waals surface area contributed by atoms with Crippen molar-refractivity contribution in [1.29, 1.82) is 0 Å². The molecule has 0 unspecified atom stereocenters. The number of benzene rings is 1. The van der Waals surface area contributed by atoms with Crippen molar-refractivity contribution in [2.75, 3.05) is 5.75 Å². The fraction of sp³-hybridized carbons (Fsp3) is 0.429. The summed E-state index contributed by atoms with van der Waals surface area (Å²) >= 11 is 7.01. The van der Waals surface area contributed by atoms with E-state index in [1.165, 1.54) is 6.07 Å². The molecule has 0 atom stereocenters. The molecule has 1 aromatic heterocycles. The molecule has 2 aromatic rings. The summed E-state index contributed by atoms with van der Waals surface area (Å²) in [5.74, 6) is -1.51. The zero-order chi connectivity index (χ0) is 15.6. The molecule has 114 valence electrons. The maximum Gasteiger partial charge on any atom is 0.313 e. The smallest absolute Gasteiger partial charge is 0.313 e. The van der Waals surface area contributed by atoms with Crippen molar-refractivity contribution in [3.63, 3.8) is 0 Å². The molecular weight excluding hydrogens is 315 g/mol. The molecule has 0 aliphatic rings. The number of fused-ring (bicyclic) bond motifs is 1. The number of hydrogen-bond acceptors (Lipinski definition) is 3. The highest BCUT2D eigenvalue weighted by Crippen LogP contribution is 2.33. The van der Waals surface area contributed by atoms with E-state index in [0.29, 0.717) is 10.7 Å². The second kappa shape index (κ2) is 6.66. The molecule has 1 heterocycles. The van der Waals surface area contributed by atoms with Gasteiger partial charge in [0.25, 0.3) is 0 Å². The van der Waals surface area contributed by atoms with Crippen LogP contribution in [0.3, 0.4) is 0 Å². The minimum atomic E-state index is -0.910. The predicted octanol–water partition coefficient (Wildman–Crippen LogP) is 4.37. The van der Waals surface area contributed by atoms with Crippen LogP contribution in [0.2, 0.25) is 5.02 Å². The minimum Gasteiger partial charge on any atom is -0.481 e. The van der Waals surface area contributed by atoms with Gasteiger partial charge < -0.3 is 9.67 Å². The minimum absolute atomic E-state index is 0.0457. The van der Waals surface area contributed by atoms with E-state index in [-0.39, 0.29) is 16.8 Å². The van der Waals surface area contributed by atoms with Gasteiger partial charge in [0.1, 0.15) is 5.82 Å². The van der Waals surface area contributed by atoms with Crippen molar-refractivity contribution in [2.45, 2.75) is 37.9 Å². The van der Waals surface area contributed by atoms with Gasteiger partial charge in [-0.15, -0.1) is 0 Å². The Morgan fingerprint density at radius 2 is 2.14 bits per heavy atom. The summed E-state index contributed by atoms with van der Waals surface area (Å²) in [4.78, 5) is 15.1. The van der Waals surface area contributed by atoms with Gasteiger partial charge in [-0.3, -0.25) is 4.79 Å². The zero-order valence-electron chi connectivity index (χ0n) is 11.8. The normalized spacial score (nSPS) is 11.5. The van der Waals surface area contributed by atoms with E-state index in [1.807, 2.05) is 4.57 Å². The summed E-state index contributed by atoms with van der Waals surface area (Å²) in [5.41, 5.74) is 1.24. The predicted molar refractivity (Wildman–Crippen MR) is 82.7 cm³/mol. The second-order valence-corrected chi connectivity index (χ2v) is 6.02. The topological polar surface area (TPSA) is 55.1 Å². The van der Waals surface area contributed by atoms with Crippen LogP contribution in [0.5, 0.6) is 0 Å². The first kappa shape index (κ1) is 16.1. The van der Waals surface area contributed by atoms with Crippen molar-refractivity contribution >= 4 is 40.4 Å². The number of rotatable bonds is 6. The summed E-state index contributed by atoms with van der Waals surface area (Å²) in [6.07, 6.45) is 1.75. The van der Waals surface area contributed by atoms with E-state index in [2.05, 4.69) is 18.8 Å². The van der Waals surface area contributed by atoms with Crippen molar-refractivity contribution in [2.24, 2.45) is 0 Å². The number of thioether (sulfide) groups is 1. The Morgan fingerprint density at radius 1 is 1.48 bits per heavy atom. The Balaban J connectivity index is 2.59. The maximum atomic E-state index is 13.6. The fourth-order valence-corrected chi connectivity index (χ4v) is 3.26.